The monoisotopic (exact) mass is 322 g/mol. The normalized spacial score (nSPS) is 14.0. The third-order valence-corrected chi connectivity index (χ3v) is 4.14. The standard InChI is InChI=1S/C18H30N2O3/c1-7-10-18(4,19)16(21)20-12-17(2,3)13-8-9-14(22-5)15(11-13)23-6/h8-9,11H,7,10,12,19H2,1-6H3,(H,20,21). The van der Waals surface area contributed by atoms with E-state index in [1.807, 2.05) is 25.1 Å². The van der Waals surface area contributed by atoms with Crippen molar-refractivity contribution in [1.82, 2.24) is 5.32 Å². The van der Waals surface area contributed by atoms with Gasteiger partial charge in [-0.05, 0) is 31.0 Å². The molecule has 0 aliphatic heterocycles. The predicted molar refractivity (Wildman–Crippen MR) is 93.1 cm³/mol. The maximum absolute atomic E-state index is 12.3. The van der Waals surface area contributed by atoms with Crippen molar-refractivity contribution in [3.63, 3.8) is 0 Å². The van der Waals surface area contributed by atoms with Crippen LogP contribution in [0.2, 0.25) is 0 Å². The molecular weight excluding hydrogens is 292 g/mol. The minimum atomic E-state index is -0.831. The van der Waals surface area contributed by atoms with Crippen LogP contribution < -0.4 is 20.5 Å². The van der Waals surface area contributed by atoms with Gasteiger partial charge in [0.1, 0.15) is 0 Å². The summed E-state index contributed by atoms with van der Waals surface area (Å²) in [6, 6.07) is 5.81. The van der Waals surface area contributed by atoms with Gasteiger partial charge < -0.3 is 20.5 Å². The van der Waals surface area contributed by atoms with Crippen molar-refractivity contribution in [1.29, 1.82) is 0 Å². The number of benzene rings is 1. The van der Waals surface area contributed by atoms with Crippen molar-refractivity contribution < 1.29 is 14.3 Å². The van der Waals surface area contributed by atoms with Crippen molar-refractivity contribution in [2.45, 2.75) is 51.5 Å². The molecular formula is C18H30N2O3. The van der Waals surface area contributed by atoms with Gasteiger partial charge in [0.15, 0.2) is 11.5 Å². The van der Waals surface area contributed by atoms with Gasteiger partial charge in [-0.3, -0.25) is 4.79 Å². The number of carbonyl (C=O) groups is 1. The summed E-state index contributed by atoms with van der Waals surface area (Å²) in [5.74, 6) is 1.25. The van der Waals surface area contributed by atoms with Crippen LogP contribution in [0.15, 0.2) is 18.2 Å². The zero-order valence-electron chi connectivity index (χ0n) is 15.2. The van der Waals surface area contributed by atoms with E-state index in [2.05, 4.69) is 19.2 Å². The lowest BCUT2D eigenvalue weighted by Gasteiger charge is -2.29. The largest absolute Gasteiger partial charge is 0.493 e. The molecule has 1 aromatic rings. The fourth-order valence-electron chi connectivity index (χ4n) is 2.50. The molecule has 0 heterocycles. The fourth-order valence-corrected chi connectivity index (χ4v) is 2.50. The Morgan fingerprint density at radius 2 is 1.78 bits per heavy atom. The van der Waals surface area contributed by atoms with E-state index in [0.29, 0.717) is 24.5 Å². The molecule has 0 saturated heterocycles. The molecule has 1 rings (SSSR count). The summed E-state index contributed by atoms with van der Waals surface area (Å²) in [4.78, 5) is 12.3. The molecule has 0 radical (unpaired) electrons. The second-order valence-corrected chi connectivity index (χ2v) is 6.80. The van der Waals surface area contributed by atoms with Crippen molar-refractivity contribution in [3.8, 4) is 11.5 Å². The van der Waals surface area contributed by atoms with Crippen molar-refractivity contribution >= 4 is 5.91 Å². The molecule has 0 saturated carbocycles. The van der Waals surface area contributed by atoms with Gasteiger partial charge in [0.05, 0.1) is 19.8 Å². The summed E-state index contributed by atoms with van der Waals surface area (Å²) < 4.78 is 10.6. The summed E-state index contributed by atoms with van der Waals surface area (Å²) in [5, 5.41) is 2.98. The van der Waals surface area contributed by atoms with Gasteiger partial charge in [-0.25, -0.2) is 0 Å². The van der Waals surface area contributed by atoms with Gasteiger partial charge in [-0.15, -0.1) is 0 Å². The van der Waals surface area contributed by atoms with Crippen LogP contribution in [0, 0.1) is 0 Å². The second kappa shape index (κ2) is 7.68. The van der Waals surface area contributed by atoms with E-state index in [9.17, 15) is 4.79 Å². The third-order valence-electron chi connectivity index (χ3n) is 4.14. The number of rotatable bonds is 8. The van der Waals surface area contributed by atoms with E-state index in [-0.39, 0.29) is 11.3 Å². The summed E-state index contributed by atoms with van der Waals surface area (Å²) in [7, 11) is 3.22. The second-order valence-electron chi connectivity index (χ2n) is 6.80. The van der Waals surface area contributed by atoms with E-state index in [1.165, 1.54) is 0 Å². The first-order valence-electron chi connectivity index (χ1n) is 7.97. The molecule has 1 aromatic carbocycles. The number of nitrogens with two attached hydrogens (primary N) is 1. The van der Waals surface area contributed by atoms with Crippen LogP contribution in [0.25, 0.3) is 0 Å². The van der Waals surface area contributed by atoms with E-state index in [4.69, 9.17) is 15.2 Å². The molecule has 0 bridgehead atoms. The first-order valence-corrected chi connectivity index (χ1v) is 7.97. The van der Waals surface area contributed by atoms with E-state index in [1.54, 1.807) is 21.1 Å². The van der Waals surface area contributed by atoms with Gasteiger partial charge in [0.2, 0.25) is 5.91 Å². The molecule has 23 heavy (non-hydrogen) atoms. The molecule has 130 valence electrons. The number of nitrogens with one attached hydrogen (secondary N) is 1. The Balaban J connectivity index is 2.85. The molecule has 0 aliphatic rings. The molecule has 1 atom stereocenters. The number of amides is 1. The molecule has 1 amide bonds. The minimum Gasteiger partial charge on any atom is -0.493 e. The Hall–Kier alpha value is -1.75. The fraction of sp³-hybridized carbons (Fsp3) is 0.611. The highest BCUT2D eigenvalue weighted by atomic mass is 16.5. The molecule has 1 unspecified atom stereocenters. The number of carbonyl (C=O) groups excluding carboxylic acids is 1. The number of ether oxygens (including phenoxy) is 2. The summed E-state index contributed by atoms with van der Waals surface area (Å²) >= 11 is 0. The van der Waals surface area contributed by atoms with Crippen LogP contribution in [0.1, 0.15) is 46.1 Å². The molecule has 0 spiro atoms. The van der Waals surface area contributed by atoms with Gasteiger partial charge in [-0.1, -0.05) is 33.3 Å². The SMILES string of the molecule is CCCC(C)(N)C(=O)NCC(C)(C)c1ccc(OC)c(OC)c1. The Morgan fingerprint density at radius 1 is 1.17 bits per heavy atom. The van der Waals surface area contributed by atoms with Crippen molar-refractivity contribution in [2.75, 3.05) is 20.8 Å². The van der Waals surface area contributed by atoms with Gasteiger partial charge in [0, 0.05) is 12.0 Å². The van der Waals surface area contributed by atoms with E-state index < -0.39 is 5.54 Å². The molecule has 5 nitrogen and oxygen atoms in total. The Bertz CT molecular complexity index is 539. The maximum Gasteiger partial charge on any atom is 0.239 e. The molecule has 0 fully saturated rings. The van der Waals surface area contributed by atoms with Crippen LogP contribution >= 0.6 is 0 Å². The van der Waals surface area contributed by atoms with Crippen LogP contribution in [-0.2, 0) is 10.2 Å². The zero-order valence-corrected chi connectivity index (χ0v) is 15.2. The van der Waals surface area contributed by atoms with Gasteiger partial charge >= 0.3 is 0 Å². The first-order chi connectivity index (χ1) is 10.7. The van der Waals surface area contributed by atoms with Gasteiger partial charge in [-0.2, -0.15) is 0 Å². The average molecular weight is 322 g/mol. The minimum absolute atomic E-state index is 0.118. The van der Waals surface area contributed by atoms with Crippen LogP contribution in [0.3, 0.4) is 0 Å². The lowest BCUT2D eigenvalue weighted by molar-refractivity contribution is -0.126. The molecule has 5 heteroatoms. The first kappa shape index (κ1) is 19.3. The lowest BCUT2D eigenvalue weighted by Crippen LogP contribution is -2.53. The Kier molecular flexibility index (Phi) is 6.45. The summed E-state index contributed by atoms with van der Waals surface area (Å²) in [6.07, 6.45) is 1.54. The predicted octanol–water partition coefficient (Wildman–Crippen LogP) is 2.62. The summed E-state index contributed by atoms with van der Waals surface area (Å²) in [6.45, 7) is 8.43. The average Bonchev–Trinajstić information content (AvgIpc) is 2.51. The van der Waals surface area contributed by atoms with Crippen LogP contribution in [-0.4, -0.2) is 32.2 Å². The summed E-state index contributed by atoms with van der Waals surface area (Å²) in [5.41, 5.74) is 6.05. The highest BCUT2D eigenvalue weighted by Crippen LogP contribution is 2.32. The number of hydrogen-bond donors (Lipinski definition) is 2. The lowest BCUT2D eigenvalue weighted by atomic mass is 9.84. The highest BCUT2D eigenvalue weighted by molar-refractivity contribution is 5.85. The highest BCUT2D eigenvalue weighted by Gasteiger charge is 2.29. The van der Waals surface area contributed by atoms with Gasteiger partial charge in [0.25, 0.3) is 0 Å². The number of hydrogen-bond acceptors (Lipinski definition) is 4. The smallest absolute Gasteiger partial charge is 0.239 e. The van der Waals surface area contributed by atoms with Crippen LogP contribution in [0.4, 0.5) is 0 Å². The Labute approximate surface area is 139 Å². The Morgan fingerprint density at radius 3 is 2.30 bits per heavy atom. The third kappa shape index (κ3) is 4.86. The molecule has 0 aromatic heterocycles. The topological polar surface area (TPSA) is 73.6 Å². The molecule has 0 aliphatic carbocycles. The maximum atomic E-state index is 12.3. The van der Waals surface area contributed by atoms with Crippen molar-refractivity contribution in [3.05, 3.63) is 23.8 Å². The van der Waals surface area contributed by atoms with E-state index in [0.717, 1.165) is 12.0 Å². The van der Waals surface area contributed by atoms with Crippen LogP contribution in [0.5, 0.6) is 11.5 Å². The van der Waals surface area contributed by atoms with Crippen molar-refractivity contribution in [2.24, 2.45) is 5.73 Å². The quantitative estimate of drug-likeness (QED) is 0.771. The number of methoxy groups -OCH3 is 2. The zero-order chi connectivity index (χ0) is 17.7. The van der Waals surface area contributed by atoms with E-state index >= 15 is 0 Å². The molecule has 3 N–H and O–H groups in total.